The van der Waals surface area contributed by atoms with Crippen molar-refractivity contribution in [3.05, 3.63) is 40.9 Å². The predicted molar refractivity (Wildman–Crippen MR) is 103 cm³/mol. The average molecular weight is 415 g/mol. The molecule has 4 rings (SSSR count). The minimum Gasteiger partial charge on any atom is -0.336 e. The van der Waals surface area contributed by atoms with Gasteiger partial charge in [0, 0.05) is 50.7 Å². The number of halogens is 3. The van der Waals surface area contributed by atoms with Crippen LogP contribution in [0.3, 0.4) is 0 Å². The van der Waals surface area contributed by atoms with Crippen molar-refractivity contribution in [1.29, 1.82) is 0 Å². The third-order valence-electron chi connectivity index (χ3n) is 5.02. The van der Waals surface area contributed by atoms with Gasteiger partial charge in [-0.25, -0.2) is 13.8 Å². The number of nitrogens with zero attached hydrogens (tertiary/aromatic N) is 3. The Bertz CT molecular complexity index is 792. The quantitative estimate of drug-likeness (QED) is 0.838. The summed E-state index contributed by atoms with van der Waals surface area (Å²) in [6.07, 6.45) is 0.949. The summed E-state index contributed by atoms with van der Waals surface area (Å²) in [5.41, 5.74) is 0.0882. The van der Waals surface area contributed by atoms with Crippen LogP contribution in [0.25, 0.3) is 10.6 Å². The molecule has 2 fully saturated rings. The van der Waals surface area contributed by atoms with E-state index in [0.717, 1.165) is 43.9 Å². The molecule has 1 amide bonds. The van der Waals surface area contributed by atoms with Crippen LogP contribution in [0.5, 0.6) is 0 Å². The van der Waals surface area contributed by atoms with Crippen LogP contribution in [0, 0.1) is 11.6 Å². The van der Waals surface area contributed by atoms with Crippen LogP contribution < -0.4 is 5.32 Å². The maximum Gasteiger partial charge on any atom is 0.273 e. The van der Waals surface area contributed by atoms with Gasteiger partial charge >= 0.3 is 0 Å². The number of carbonyl (C=O) groups excluding carboxylic acids is 1. The van der Waals surface area contributed by atoms with Gasteiger partial charge in [0.25, 0.3) is 5.91 Å². The number of amides is 1. The molecule has 2 aliphatic rings. The lowest BCUT2D eigenvalue weighted by molar-refractivity contribution is 0.0768. The second-order valence-electron chi connectivity index (χ2n) is 6.61. The molecule has 1 atom stereocenters. The van der Waals surface area contributed by atoms with E-state index in [0.29, 0.717) is 19.1 Å². The Hall–Kier alpha value is -1.61. The third kappa shape index (κ3) is 4.13. The first-order valence-electron chi connectivity index (χ1n) is 8.77. The van der Waals surface area contributed by atoms with Gasteiger partial charge in [0.1, 0.15) is 22.3 Å². The standard InChI is InChI=1S/C18H20F2N4OS.ClH/c19-13-2-1-3-14(20)16(13)17-22-15(11-26-17)18(25)24-7-4-12(10-24)23-8-5-21-6-9-23;/h1-3,11-12,21H,4-10H2;1H. The number of likely N-dealkylation sites (tertiary alicyclic amines) is 1. The van der Waals surface area contributed by atoms with E-state index in [2.05, 4.69) is 15.2 Å². The lowest BCUT2D eigenvalue weighted by Gasteiger charge is -2.32. The first-order valence-corrected chi connectivity index (χ1v) is 9.65. The van der Waals surface area contributed by atoms with E-state index < -0.39 is 11.6 Å². The minimum absolute atomic E-state index is 0. The molecule has 1 aromatic heterocycles. The largest absolute Gasteiger partial charge is 0.336 e. The van der Waals surface area contributed by atoms with E-state index in [1.54, 1.807) is 10.3 Å². The van der Waals surface area contributed by atoms with Crippen LogP contribution in [0.15, 0.2) is 23.6 Å². The molecule has 0 spiro atoms. The summed E-state index contributed by atoms with van der Waals surface area (Å²) in [4.78, 5) is 21.2. The van der Waals surface area contributed by atoms with Gasteiger partial charge in [0.05, 0.1) is 5.56 Å². The Morgan fingerprint density at radius 2 is 1.89 bits per heavy atom. The van der Waals surface area contributed by atoms with Crippen molar-refractivity contribution in [2.24, 2.45) is 0 Å². The monoisotopic (exact) mass is 414 g/mol. The maximum absolute atomic E-state index is 13.9. The van der Waals surface area contributed by atoms with Crippen LogP contribution >= 0.6 is 23.7 Å². The van der Waals surface area contributed by atoms with E-state index in [9.17, 15) is 13.6 Å². The van der Waals surface area contributed by atoms with Crippen molar-refractivity contribution >= 4 is 29.7 Å². The fourth-order valence-electron chi connectivity index (χ4n) is 3.62. The third-order valence-corrected chi connectivity index (χ3v) is 5.88. The predicted octanol–water partition coefficient (Wildman–Crippen LogP) is 2.63. The molecule has 0 saturated carbocycles. The smallest absolute Gasteiger partial charge is 0.273 e. The zero-order chi connectivity index (χ0) is 18.1. The lowest BCUT2D eigenvalue weighted by Crippen LogP contribution is -2.49. The molecule has 9 heteroatoms. The van der Waals surface area contributed by atoms with Crippen LogP contribution in [0.2, 0.25) is 0 Å². The minimum atomic E-state index is -0.668. The Labute approximate surface area is 166 Å². The molecule has 1 unspecified atom stereocenters. The summed E-state index contributed by atoms with van der Waals surface area (Å²) in [5, 5.41) is 5.11. The molecule has 2 aliphatic heterocycles. The first kappa shape index (κ1) is 20.1. The number of hydrogen-bond acceptors (Lipinski definition) is 5. The lowest BCUT2D eigenvalue weighted by atomic mass is 10.2. The molecule has 1 N–H and O–H groups in total. The van der Waals surface area contributed by atoms with Gasteiger partial charge < -0.3 is 10.2 Å². The molecule has 0 aliphatic carbocycles. The van der Waals surface area contributed by atoms with Crippen LogP contribution in [-0.2, 0) is 0 Å². The summed E-state index contributed by atoms with van der Waals surface area (Å²) in [7, 11) is 0. The molecule has 2 saturated heterocycles. The molecular formula is C18H21ClF2N4OS. The number of piperazine rings is 1. The van der Waals surface area contributed by atoms with Crippen LogP contribution in [0.4, 0.5) is 8.78 Å². The van der Waals surface area contributed by atoms with E-state index in [1.807, 2.05) is 0 Å². The Morgan fingerprint density at radius 1 is 1.19 bits per heavy atom. The first-order chi connectivity index (χ1) is 12.6. The Morgan fingerprint density at radius 3 is 2.59 bits per heavy atom. The summed E-state index contributed by atoms with van der Waals surface area (Å²) < 4.78 is 27.9. The second kappa shape index (κ2) is 8.60. The SMILES string of the molecule is Cl.O=C(c1csc(-c2c(F)cccc2F)n1)N1CCC(N2CCNCC2)C1. The zero-order valence-electron chi connectivity index (χ0n) is 14.7. The number of nitrogens with one attached hydrogen (secondary N) is 1. The number of rotatable bonds is 3. The normalized spacial score (nSPS) is 20.5. The highest BCUT2D eigenvalue weighted by atomic mass is 35.5. The van der Waals surface area contributed by atoms with Crippen molar-refractivity contribution in [2.45, 2.75) is 12.5 Å². The molecular weight excluding hydrogens is 394 g/mol. The van der Waals surface area contributed by atoms with Crippen molar-refractivity contribution < 1.29 is 13.6 Å². The van der Waals surface area contributed by atoms with Crippen LogP contribution in [-0.4, -0.2) is 66.0 Å². The van der Waals surface area contributed by atoms with E-state index in [-0.39, 0.29) is 34.6 Å². The van der Waals surface area contributed by atoms with Gasteiger partial charge in [-0.1, -0.05) is 6.07 Å². The second-order valence-corrected chi connectivity index (χ2v) is 7.47. The van der Waals surface area contributed by atoms with Crippen molar-refractivity contribution in [3.8, 4) is 10.6 Å². The summed E-state index contributed by atoms with van der Waals surface area (Å²) in [6.45, 7) is 5.33. The van der Waals surface area contributed by atoms with Crippen molar-refractivity contribution in [1.82, 2.24) is 20.1 Å². The van der Waals surface area contributed by atoms with Gasteiger partial charge in [0.15, 0.2) is 0 Å². The molecule has 0 bridgehead atoms. The highest BCUT2D eigenvalue weighted by molar-refractivity contribution is 7.13. The van der Waals surface area contributed by atoms with Gasteiger partial charge in [-0.05, 0) is 18.6 Å². The molecule has 0 radical (unpaired) electrons. The molecule has 2 aromatic rings. The summed E-state index contributed by atoms with van der Waals surface area (Å²) in [6, 6.07) is 4.08. The molecule has 5 nitrogen and oxygen atoms in total. The average Bonchev–Trinajstić information content (AvgIpc) is 3.32. The number of thiazole rings is 1. The Kier molecular flexibility index (Phi) is 6.41. The van der Waals surface area contributed by atoms with E-state index in [1.165, 1.54) is 18.2 Å². The molecule has 27 heavy (non-hydrogen) atoms. The summed E-state index contributed by atoms with van der Waals surface area (Å²) >= 11 is 1.09. The number of benzene rings is 1. The van der Waals surface area contributed by atoms with E-state index >= 15 is 0 Å². The fraction of sp³-hybridized carbons (Fsp3) is 0.444. The highest BCUT2D eigenvalue weighted by Crippen LogP contribution is 2.29. The van der Waals surface area contributed by atoms with Crippen molar-refractivity contribution in [2.75, 3.05) is 39.3 Å². The summed E-state index contributed by atoms with van der Waals surface area (Å²) in [5.74, 6) is -1.50. The Balaban J connectivity index is 0.00000210. The van der Waals surface area contributed by atoms with Crippen molar-refractivity contribution in [3.63, 3.8) is 0 Å². The topological polar surface area (TPSA) is 48.5 Å². The van der Waals surface area contributed by atoms with Gasteiger partial charge in [-0.3, -0.25) is 9.69 Å². The van der Waals surface area contributed by atoms with Gasteiger partial charge in [-0.15, -0.1) is 23.7 Å². The van der Waals surface area contributed by atoms with Gasteiger partial charge in [0.2, 0.25) is 0 Å². The number of carbonyl (C=O) groups is 1. The number of hydrogen-bond donors (Lipinski definition) is 1. The molecule has 146 valence electrons. The highest BCUT2D eigenvalue weighted by Gasteiger charge is 2.32. The number of aromatic nitrogens is 1. The van der Waals surface area contributed by atoms with Crippen LogP contribution in [0.1, 0.15) is 16.9 Å². The fourth-order valence-corrected chi connectivity index (χ4v) is 4.46. The molecule has 1 aromatic carbocycles. The molecule has 3 heterocycles. The zero-order valence-corrected chi connectivity index (χ0v) is 16.3. The van der Waals surface area contributed by atoms with Gasteiger partial charge in [-0.2, -0.15) is 0 Å². The van der Waals surface area contributed by atoms with E-state index in [4.69, 9.17) is 0 Å². The maximum atomic E-state index is 13.9.